The number of para-hydroxylation sites is 1. The van der Waals surface area contributed by atoms with Crippen molar-refractivity contribution in [1.82, 2.24) is 24.6 Å². The number of aromatic amines is 1. The first-order valence-corrected chi connectivity index (χ1v) is 13.1. The van der Waals surface area contributed by atoms with Gasteiger partial charge < -0.3 is 14.7 Å². The van der Waals surface area contributed by atoms with Crippen molar-refractivity contribution in [2.24, 2.45) is 0 Å². The summed E-state index contributed by atoms with van der Waals surface area (Å²) in [5, 5.41) is 14.4. The number of phenolic OH excluding ortho intramolecular Hbond substituents is 1. The van der Waals surface area contributed by atoms with Gasteiger partial charge in [-0.15, -0.1) is 11.6 Å². The maximum Gasteiger partial charge on any atom is 0.349 e. The van der Waals surface area contributed by atoms with Crippen LogP contribution in [0, 0.1) is 13.8 Å². The topological polar surface area (TPSA) is 121 Å². The molecule has 0 spiro atoms. The third-order valence-electron chi connectivity index (χ3n) is 6.15. The van der Waals surface area contributed by atoms with Crippen molar-refractivity contribution in [1.29, 1.82) is 0 Å². The fraction of sp³-hybridized carbons (Fsp3) is 0.360. The molecular weight excluding hydrogens is 566 g/mol. The number of hydrogen-bond donors (Lipinski definition) is 2. The third-order valence-corrected chi connectivity index (χ3v) is 7.06. The minimum Gasteiger partial charge on any atom is -0.503 e. The Kier molecular flexibility index (Phi) is 8.35. The molecular formula is C25H27BrClN5O5. The molecule has 1 saturated heterocycles. The van der Waals surface area contributed by atoms with Gasteiger partial charge in [-0.05, 0) is 78.1 Å². The number of hydrogen-bond acceptors (Lipinski definition) is 7. The Morgan fingerprint density at radius 3 is 2.49 bits per heavy atom. The van der Waals surface area contributed by atoms with Gasteiger partial charge in [-0.2, -0.15) is 9.78 Å². The van der Waals surface area contributed by atoms with Gasteiger partial charge in [0.05, 0.1) is 10.2 Å². The van der Waals surface area contributed by atoms with Crippen molar-refractivity contribution in [2.75, 3.05) is 38.6 Å². The molecule has 0 aliphatic carbocycles. The molecule has 2 N–H and O–H groups in total. The predicted molar refractivity (Wildman–Crippen MR) is 143 cm³/mol. The van der Waals surface area contributed by atoms with Crippen LogP contribution < -0.4 is 16.0 Å². The number of carbonyl (C=O) groups excluding carboxylic acids is 1. The Hall–Kier alpha value is -3.15. The summed E-state index contributed by atoms with van der Waals surface area (Å²) in [5.41, 5.74) is -0.241. The summed E-state index contributed by atoms with van der Waals surface area (Å²) in [6.07, 6.45) is 0.869. The number of piperazine rings is 1. The van der Waals surface area contributed by atoms with Crippen LogP contribution in [0.5, 0.6) is 17.2 Å². The Bertz CT molecular complexity index is 1410. The molecule has 2 aromatic carbocycles. The molecule has 1 fully saturated rings. The highest BCUT2D eigenvalue weighted by Gasteiger charge is 2.26. The molecule has 0 bridgehead atoms. The number of nitrogens with zero attached hydrogens (tertiary/aromatic N) is 4. The van der Waals surface area contributed by atoms with Crippen molar-refractivity contribution in [3.05, 3.63) is 72.5 Å². The average molecular weight is 593 g/mol. The molecule has 10 nitrogen and oxygen atoms in total. The van der Waals surface area contributed by atoms with Crippen LogP contribution in [0.1, 0.15) is 28.0 Å². The lowest BCUT2D eigenvalue weighted by atomic mass is 10.1. The summed E-state index contributed by atoms with van der Waals surface area (Å²) in [5.74, 6) is 0.789. The zero-order valence-electron chi connectivity index (χ0n) is 20.5. The fourth-order valence-corrected chi connectivity index (χ4v) is 4.69. The van der Waals surface area contributed by atoms with E-state index in [1.165, 1.54) is 0 Å². The maximum atomic E-state index is 13.1. The second kappa shape index (κ2) is 11.5. The Labute approximate surface area is 226 Å². The number of rotatable bonds is 7. The van der Waals surface area contributed by atoms with E-state index in [0.717, 1.165) is 17.6 Å². The number of aromatic nitrogens is 3. The normalized spacial score (nSPS) is 14.1. The van der Waals surface area contributed by atoms with Crippen molar-refractivity contribution in [2.45, 2.75) is 20.3 Å². The maximum absolute atomic E-state index is 13.1. The molecule has 1 aromatic heterocycles. The monoisotopic (exact) mass is 591 g/mol. The highest BCUT2D eigenvalue weighted by molar-refractivity contribution is 9.10. The quantitative estimate of drug-likeness (QED) is 0.404. The number of benzene rings is 2. The molecule has 1 amide bonds. The van der Waals surface area contributed by atoms with Gasteiger partial charge in [0.15, 0.2) is 11.5 Å². The highest BCUT2D eigenvalue weighted by Crippen LogP contribution is 2.38. The van der Waals surface area contributed by atoms with Gasteiger partial charge in [-0.3, -0.25) is 19.5 Å². The first-order valence-electron chi connectivity index (χ1n) is 11.8. The number of phenols is 1. The summed E-state index contributed by atoms with van der Waals surface area (Å²) in [7, 11) is 0. The number of aromatic hydroxyl groups is 1. The van der Waals surface area contributed by atoms with E-state index in [9.17, 15) is 19.5 Å². The smallest absolute Gasteiger partial charge is 0.349 e. The summed E-state index contributed by atoms with van der Waals surface area (Å²) in [6.45, 7) is 6.68. The molecule has 196 valence electrons. The predicted octanol–water partition coefficient (Wildman–Crippen LogP) is 3.18. The SMILES string of the molecule is Cc1cc(-n2nc(C(=O)N3CCN(CCCCl)CC3)c(=O)[nH]c2=O)cc(C)c1Oc1cccc(Br)c1O. The van der Waals surface area contributed by atoms with Gasteiger partial charge in [-0.25, -0.2) is 4.79 Å². The number of nitrogens with one attached hydrogen (secondary N) is 1. The van der Waals surface area contributed by atoms with Crippen molar-refractivity contribution in [3.63, 3.8) is 0 Å². The molecule has 1 aliphatic heterocycles. The average Bonchev–Trinajstić information content (AvgIpc) is 2.87. The van der Waals surface area contributed by atoms with E-state index in [-0.39, 0.29) is 17.2 Å². The van der Waals surface area contributed by atoms with E-state index in [1.54, 1.807) is 49.1 Å². The van der Waals surface area contributed by atoms with Crippen LogP contribution in [0.2, 0.25) is 0 Å². The molecule has 0 atom stereocenters. The van der Waals surface area contributed by atoms with Crippen molar-refractivity contribution in [3.8, 4) is 22.9 Å². The minimum atomic E-state index is -0.825. The number of ether oxygens (including phenoxy) is 1. The largest absolute Gasteiger partial charge is 0.503 e. The Morgan fingerprint density at radius 1 is 1.16 bits per heavy atom. The molecule has 12 heteroatoms. The van der Waals surface area contributed by atoms with E-state index in [1.807, 2.05) is 0 Å². The standard InChI is InChI=1S/C25H27BrClN5O5/c1-15-13-17(14-16(2)22(15)37-19-6-3-5-18(26)21(19)33)32-25(36)28-23(34)20(29-32)24(35)31-11-9-30(10-12-31)8-4-7-27/h3,5-6,13-14,33H,4,7-12H2,1-2H3,(H,28,34,36). The molecule has 0 radical (unpaired) electrons. The molecule has 0 saturated carbocycles. The Balaban J connectivity index is 1.61. The van der Waals surface area contributed by atoms with Crippen molar-refractivity contribution >= 4 is 33.4 Å². The zero-order chi connectivity index (χ0) is 26.7. The van der Waals surface area contributed by atoms with Gasteiger partial charge in [0.2, 0.25) is 5.69 Å². The molecule has 37 heavy (non-hydrogen) atoms. The molecule has 0 unspecified atom stereocenters. The Morgan fingerprint density at radius 2 is 1.84 bits per heavy atom. The van der Waals surface area contributed by atoms with Gasteiger partial charge in [0.25, 0.3) is 11.5 Å². The first-order chi connectivity index (χ1) is 17.7. The summed E-state index contributed by atoms with van der Waals surface area (Å²) >= 11 is 9.04. The first kappa shape index (κ1) is 26.9. The van der Waals surface area contributed by atoms with Crippen LogP contribution in [0.15, 0.2) is 44.4 Å². The fourth-order valence-electron chi connectivity index (χ4n) is 4.22. The summed E-state index contributed by atoms with van der Waals surface area (Å²) in [6, 6.07) is 8.39. The van der Waals surface area contributed by atoms with Crippen LogP contribution in [-0.2, 0) is 0 Å². The second-order valence-electron chi connectivity index (χ2n) is 8.79. The van der Waals surface area contributed by atoms with E-state index in [4.69, 9.17) is 16.3 Å². The lowest BCUT2D eigenvalue weighted by molar-refractivity contribution is 0.0627. The van der Waals surface area contributed by atoms with Crippen LogP contribution in [0.3, 0.4) is 0 Å². The van der Waals surface area contributed by atoms with E-state index in [2.05, 4.69) is 30.9 Å². The minimum absolute atomic E-state index is 0.0352. The molecule has 3 aromatic rings. The summed E-state index contributed by atoms with van der Waals surface area (Å²) < 4.78 is 7.45. The van der Waals surface area contributed by atoms with E-state index in [0.29, 0.717) is 59.1 Å². The molecule has 2 heterocycles. The number of alkyl halides is 1. The third kappa shape index (κ3) is 5.89. The van der Waals surface area contributed by atoms with Gasteiger partial charge >= 0.3 is 5.69 Å². The number of H-pyrrole nitrogens is 1. The number of aryl methyl sites for hydroxylation is 2. The lowest BCUT2D eigenvalue weighted by Crippen LogP contribution is -2.50. The van der Waals surface area contributed by atoms with Crippen LogP contribution >= 0.6 is 27.5 Å². The summed E-state index contributed by atoms with van der Waals surface area (Å²) in [4.78, 5) is 44.3. The number of amides is 1. The second-order valence-corrected chi connectivity index (χ2v) is 10.0. The van der Waals surface area contributed by atoms with Gasteiger partial charge in [0, 0.05) is 32.1 Å². The molecule has 1 aliphatic rings. The lowest BCUT2D eigenvalue weighted by Gasteiger charge is -2.34. The van der Waals surface area contributed by atoms with Crippen molar-refractivity contribution < 1.29 is 14.6 Å². The highest BCUT2D eigenvalue weighted by atomic mass is 79.9. The molecule has 4 rings (SSSR count). The van der Waals surface area contributed by atoms with Crippen LogP contribution in [0.4, 0.5) is 0 Å². The zero-order valence-corrected chi connectivity index (χ0v) is 22.8. The number of carbonyl (C=O) groups is 1. The van der Waals surface area contributed by atoms with Gasteiger partial charge in [-0.1, -0.05) is 6.07 Å². The van der Waals surface area contributed by atoms with Gasteiger partial charge in [0.1, 0.15) is 5.75 Å². The number of halogens is 2. The van der Waals surface area contributed by atoms with Crippen LogP contribution in [-0.4, -0.2) is 74.2 Å². The van der Waals surface area contributed by atoms with E-state index >= 15 is 0 Å². The van der Waals surface area contributed by atoms with E-state index < -0.39 is 17.2 Å². The van der Waals surface area contributed by atoms with Crippen LogP contribution in [0.25, 0.3) is 5.69 Å².